The minimum Gasteiger partial charge on any atom is -0.455 e. The smallest absolute Gasteiger partial charge is 0.143 e. The van der Waals surface area contributed by atoms with E-state index in [1.807, 2.05) is 46.9 Å². The van der Waals surface area contributed by atoms with Crippen LogP contribution in [-0.4, -0.2) is 9.13 Å². The highest BCUT2D eigenvalue weighted by Gasteiger charge is 2.24. The van der Waals surface area contributed by atoms with Crippen LogP contribution in [-0.2, 0) is 0 Å². The number of thiophene rings is 2. The molecule has 19 aromatic carbocycles. The first-order valence-corrected chi connectivity index (χ1v) is 43.0. The minimum atomic E-state index is 0.897. The van der Waals surface area contributed by atoms with Gasteiger partial charge in [-0.1, -0.05) is 267 Å². The average Bonchev–Trinajstić information content (AvgIpc) is 1.61. The van der Waals surface area contributed by atoms with Crippen LogP contribution in [0.1, 0.15) is 0 Å². The van der Waals surface area contributed by atoms with E-state index < -0.39 is 0 Å². The van der Waals surface area contributed by atoms with Crippen molar-refractivity contribution in [2.24, 2.45) is 0 Å². The Hall–Kier alpha value is -15.6. The molecule has 6 nitrogen and oxygen atoms in total. The van der Waals surface area contributed by atoms with E-state index in [0.29, 0.717) is 0 Å². The van der Waals surface area contributed by atoms with Gasteiger partial charge in [0.2, 0.25) is 0 Å². The fraction of sp³-hybridized carbons (Fsp3) is 0. The van der Waals surface area contributed by atoms with E-state index in [-0.39, 0.29) is 0 Å². The number of hydrogen-bond acceptors (Lipinski definition) is 6. The van der Waals surface area contributed by atoms with E-state index in [1.54, 1.807) is 0 Å². The van der Waals surface area contributed by atoms with Crippen molar-refractivity contribution in [1.29, 1.82) is 0 Å². The van der Waals surface area contributed by atoms with Crippen molar-refractivity contribution in [2.75, 3.05) is 9.80 Å². The van der Waals surface area contributed by atoms with Crippen LogP contribution in [0.5, 0.6) is 0 Å². The summed E-state index contributed by atoms with van der Waals surface area (Å²) in [6.45, 7) is 0. The van der Waals surface area contributed by atoms with Crippen LogP contribution in [0.15, 0.2) is 446 Å². The van der Waals surface area contributed by atoms with Gasteiger partial charge in [0.15, 0.2) is 0 Å². The first-order chi connectivity index (χ1) is 60.5. The van der Waals surface area contributed by atoms with Crippen LogP contribution in [0.25, 0.3) is 195 Å². The zero-order chi connectivity index (χ0) is 80.3. The molecule has 572 valence electrons. The van der Waals surface area contributed by atoms with Crippen molar-refractivity contribution in [3.05, 3.63) is 437 Å². The summed E-state index contributed by atoms with van der Waals surface area (Å²) in [5, 5.41) is 14.7. The van der Waals surface area contributed by atoms with Crippen molar-refractivity contribution in [2.45, 2.75) is 0 Å². The molecule has 0 atom stereocenters. The van der Waals surface area contributed by atoms with E-state index in [1.165, 1.54) is 112 Å². The summed E-state index contributed by atoms with van der Waals surface area (Å²) < 4.78 is 23.1. The summed E-state index contributed by atoms with van der Waals surface area (Å²) in [5.74, 6) is 0. The van der Waals surface area contributed by atoms with Gasteiger partial charge in [0.1, 0.15) is 22.3 Å². The van der Waals surface area contributed by atoms with Gasteiger partial charge in [-0.15, -0.1) is 22.7 Å². The maximum Gasteiger partial charge on any atom is 0.143 e. The lowest BCUT2D eigenvalue weighted by atomic mass is 9.99. The molecule has 6 heterocycles. The van der Waals surface area contributed by atoms with Gasteiger partial charge in [0.25, 0.3) is 0 Å². The summed E-state index contributed by atoms with van der Waals surface area (Å²) in [7, 11) is 0. The highest BCUT2D eigenvalue weighted by atomic mass is 32.1. The second-order valence-corrected chi connectivity index (χ2v) is 33.6. The van der Waals surface area contributed by atoms with Crippen molar-refractivity contribution in [1.82, 2.24) is 9.13 Å². The molecule has 0 radical (unpaired) electrons. The molecule has 0 aliphatic heterocycles. The first kappa shape index (κ1) is 70.6. The lowest BCUT2D eigenvalue weighted by Crippen LogP contribution is -2.10. The normalized spacial score (nSPS) is 11.8. The number of aromatic nitrogens is 2. The molecule has 6 aromatic heterocycles. The van der Waals surface area contributed by atoms with E-state index in [9.17, 15) is 0 Å². The quantitative estimate of drug-likeness (QED) is 0.115. The van der Waals surface area contributed by atoms with Crippen LogP contribution in [0, 0.1) is 0 Å². The van der Waals surface area contributed by atoms with Crippen molar-refractivity contribution in [3.63, 3.8) is 0 Å². The van der Waals surface area contributed by atoms with Crippen molar-refractivity contribution in [3.8, 4) is 67.0 Å². The number of rotatable bonds is 13. The van der Waals surface area contributed by atoms with E-state index in [4.69, 9.17) is 8.83 Å². The molecule has 0 saturated carbocycles. The van der Waals surface area contributed by atoms with Gasteiger partial charge in [-0.25, -0.2) is 0 Å². The number of nitrogens with zero attached hydrogens (tertiary/aromatic N) is 4. The van der Waals surface area contributed by atoms with E-state index in [0.717, 1.165) is 117 Å². The fourth-order valence-corrected chi connectivity index (χ4v) is 20.9. The number of fused-ring (bicyclic) bond motifs is 18. The molecule has 0 saturated heterocycles. The number of benzene rings is 19. The van der Waals surface area contributed by atoms with Gasteiger partial charge >= 0.3 is 0 Å². The lowest BCUT2D eigenvalue weighted by molar-refractivity contribution is 0.669. The summed E-state index contributed by atoms with van der Waals surface area (Å²) in [5.41, 5.74) is 28.5. The first-order valence-electron chi connectivity index (χ1n) is 41.4. The highest BCUT2D eigenvalue weighted by Crippen LogP contribution is 2.48. The Morgan fingerprint density at radius 1 is 0.180 bits per heavy atom. The predicted molar refractivity (Wildman–Crippen MR) is 518 cm³/mol. The molecule has 0 bridgehead atoms. The summed E-state index contributed by atoms with van der Waals surface area (Å²) in [6.07, 6.45) is 0. The van der Waals surface area contributed by atoms with Crippen molar-refractivity contribution < 1.29 is 8.83 Å². The highest BCUT2D eigenvalue weighted by molar-refractivity contribution is 7.26. The molecule has 0 unspecified atom stereocenters. The number of anilines is 6. The molecule has 0 spiro atoms. The minimum absolute atomic E-state index is 0.897. The Morgan fingerprint density at radius 2 is 0.508 bits per heavy atom. The molecule has 25 aromatic rings. The van der Waals surface area contributed by atoms with Crippen LogP contribution >= 0.6 is 22.7 Å². The van der Waals surface area contributed by atoms with Crippen LogP contribution < -0.4 is 9.80 Å². The number of hydrogen-bond donors (Lipinski definition) is 0. The standard InChI is InChI=1S/C60H38N2OS.C54H34N2OS/c1-2-15-44(16-3-1)62-55-24-7-4-19-49(55)53-37-42(29-33-56(53)62)40-13-10-17-46(35-40)61(45-31-27-39(28-32-45)41-30-34-59-54(38-41)51-21-6-9-26-58(51)64-59)47-18-11-14-43(36-47)48-22-12-23-52-50-20-5-8-25-57(50)63-60(48)52;1-5-22-49-43(16-1)44-17-2-6-23-50(44)56(49)41-15-10-14-40(34-41)55(38-29-26-35(27-30-38)36-28-31-53-48(33-36)46-19-4-8-25-52(46)58-53)39-13-9-12-37(32-39)42-20-11-21-47-45-18-3-7-24-51(45)57-54(42)47/h1-38H;1-34H. The molecule has 0 amide bonds. The zero-order valence-corrected chi connectivity index (χ0v) is 67.6. The van der Waals surface area contributed by atoms with E-state index in [2.05, 4.69) is 431 Å². The summed E-state index contributed by atoms with van der Waals surface area (Å²) >= 11 is 3.71. The Labute approximate surface area is 711 Å². The zero-order valence-electron chi connectivity index (χ0n) is 66.0. The van der Waals surface area contributed by atoms with Crippen molar-refractivity contribution >= 4 is 185 Å². The Morgan fingerprint density at radius 3 is 1.02 bits per heavy atom. The average molecular weight is 1590 g/mol. The third-order valence-electron chi connectivity index (χ3n) is 24.4. The van der Waals surface area contributed by atoms with Gasteiger partial charge in [-0.2, -0.15) is 0 Å². The molecule has 0 N–H and O–H groups in total. The third-order valence-corrected chi connectivity index (χ3v) is 26.7. The number of furan rings is 2. The second-order valence-electron chi connectivity index (χ2n) is 31.4. The molecule has 8 heteroatoms. The van der Waals surface area contributed by atoms with Crippen LogP contribution in [0.3, 0.4) is 0 Å². The van der Waals surface area contributed by atoms with Gasteiger partial charge in [0, 0.05) is 140 Å². The Bertz CT molecular complexity index is 8380. The van der Waals surface area contributed by atoms with Gasteiger partial charge in [-0.3, -0.25) is 0 Å². The third kappa shape index (κ3) is 12.1. The molecule has 0 aliphatic carbocycles. The van der Waals surface area contributed by atoms with Gasteiger partial charge in [-0.05, 0) is 214 Å². The topological polar surface area (TPSA) is 42.6 Å². The SMILES string of the molecule is c1cc(-c2cccc3c2oc2ccccc23)cc(N(c2ccc(-c3ccc4sc5ccccc5c4c3)cc2)c2cccc(-n3c4ccccc4c4ccccc43)c2)c1.c1ccc(-n2c3ccccc3c3cc(-c4cccc(N(c5ccc(-c6ccc7sc8ccccc8c7c6)cc5)c5cccc(-c6cccc7c6oc6ccccc67)c5)c4)ccc32)cc1. The molecule has 25 rings (SSSR count). The molecule has 0 aliphatic rings. The summed E-state index contributed by atoms with van der Waals surface area (Å²) in [6, 6.07) is 158. The lowest BCUT2D eigenvalue weighted by Gasteiger charge is -2.27. The number of para-hydroxylation sites is 8. The van der Waals surface area contributed by atoms with E-state index >= 15 is 0 Å². The second kappa shape index (κ2) is 29.2. The fourth-order valence-electron chi connectivity index (χ4n) is 18.7. The summed E-state index contributed by atoms with van der Waals surface area (Å²) in [4.78, 5) is 4.75. The predicted octanol–water partition coefficient (Wildman–Crippen LogP) is 33.4. The molecular formula is C114H72N4O2S2. The maximum absolute atomic E-state index is 6.54. The monoisotopic (exact) mass is 1590 g/mol. The molecule has 0 fully saturated rings. The Balaban J connectivity index is 0.000000139. The molecule has 122 heavy (non-hydrogen) atoms. The van der Waals surface area contributed by atoms with Gasteiger partial charge in [0.05, 0.1) is 22.1 Å². The van der Waals surface area contributed by atoms with Crippen LogP contribution in [0.4, 0.5) is 34.1 Å². The van der Waals surface area contributed by atoms with Gasteiger partial charge < -0.3 is 27.8 Å². The molecular weight excluding hydrogens is 1520 g/mol. The maximum atomic E-state index is 6.54. The van der Waals surface area contributed by atoms with Crippen LogP contribution in [0.2, 0.25) is 0 Å². The largest absolute Gasteiger partial charge is 0.455 e. The Kier molecular flexibility index (Phi) is 16.9.